The third kappa shape index (κ3) is 4.76. The Morgan fingerprint density at radius 3 is 2.33 bits per heavy atom. The second-order valence-electron chi connectivity index (χ2n) is 1.19. The predicted octanol–water partition coefficient (Wildman–Crippen LogP) is -1.00. The molecule has 0 unspecified atom stereocenters. The number of rotatable bonds is 1. The van der Waals surface area contributed by atoms with Crippen molar-refractivity contribution in [1.82, 2.24) is 0 Å². The van der Waals surface area contributed by atoms with Crippen molar-refractivity contribution in [1.29, 1.82) is 0 Å². The lowest BCUT2D eigenvalue weighted by molar-refractivity contribution is -0.258. The van der Waals surface area contributed by atoms with Gasteiger partial charge in [0.15, 0.2) is 0 Å². The van der Waals surface area contributed by atoms with Crippen LogP contribution in [-0.2, 0) is 19.4 Å². The summed E-state index contributed by atoms with van der Waals surface area (Å²) >= 11 is 0. The number of hydrogen-bond acceptors (Lipinski definition) is 5. The first-order valence-electron chi connectivity index (χ1n) is 2.15. The highest BCUT2D eigenvalue weighted by molar-refractivity contribution is 5.72. The molecule has 0 aliphatic heterocycles. The van der Waals surface area contributed by atoms with E-state index in [1.54, 1.807) is 0 Å². The third-order valence-corrected chi connectivity index (χ3v) is 0.381. The highest BCUT2D eigenvalue weighted by Gasteiger charge is 2.01. The molecule has 0 spiro atoms. The van der Waals surface area contributed by atoms with Gasteiger partial charge in [0.05, 0.1) is 0 Å². The van der Waals surface area contributed by atoms with Crippen LogP contribution in [0.4, 0.5) is 0 Å². The largest absolute Gasteiger partial charge is 0.384 e. The van der Waals surface area contributed by atoms with Crippen LogP contribution in [0.2, 0.25) is 0 Å². The van der Waals surface area contributed by atoms with Gasteiger partial charge in [-0.05, 0) is 0 Å². The Hall–Kier alpha value is -1.10. The normalized spacial score (nSPS) is 8.22. The van der Waals surface area contributed by atoms with Crippen LogP contribution < -0.4 is 0 Å². The fourth-order valence-electron chi connectivity index (χ4n) is 0.132. The fourth-order valence-corrected chi connectivity index (χ4v) is 0.132. The van der Waals surface area contributed by atoms with E-state index in [1.807, 2.05) is 0 Å². The molecule has 0 saturated heterocycles. The number of aliphatic hydroxyl groups is 1. The zero-order valence-electron chi connectivity index (χ0n) is 4.79. The highest BCUT2D eigenvalue weighted by atomic mass is 17.2. The van der Waals surface area contributed by atoms with Crippen molar-refractivity contribution in [3.8, 4) is 0 Å². The van der Waals surface area contributed by atoms with E-state index in [1.165, 1.54) is 0 Å². The second kappa shape index (κ2) is 3.85. The lowest BCUT2D eigenvalue weighted by Gasteiger charge is -1.95. The van der Waals surface area contributed by atoms with Crippen molar-refractivity contribution in [2.45, 2.75) is 6.92 Å². The molecule has 0 saturated carbocycles. The summed E-state index contributed by atoms with van der Waals surface area (Å²) in [6.07, 6.45) is 0. The van der Waals surface area contributed by atoms with Gasteiger partial charge in [0, 0.05) is 6.92 Å². The number of carbonyl (C=O) groups excluding carboxylic acids is 2. The molecule has 52 valence electrons. The molecule has 0 aromatic rings. The molecule has 0 radical (unpaired) electrons. The van der Waals surface area contributed by atoms with Crippen molar-refractivity contribution in [3.63, 3.8) is 0 Å². The van der Waals surface area contributed by atoms with E-state index in [-0.39, 0.29) is 0 Å². The minimum Gasteiger partial charge on any atom is -0.384 e. The molecule has 9 heavy (non-hydrogen) atoms. The van der Waals surface area contributed by atoms with Gasteiger partial charge in [-0.15, -0.1) is 0 Å². The molecule has 5 heteroatoms. The number of hydrogen-bond donors (Lipinski definition) is 1. The topological polar surface area (TPSA) is 72.8 Å². The van der Waals surface area contributed by atoms with E-state index in [4.69, 9.17) is 5.11 Å². The van der Waals surface area contributed by atoms with Gasteiger partial charge >= 0.3 is 11.9 Å². The van der Waals surface area contributed by atoms with Crippen molar-refractivity contribution in [2.75, 3.05) is 6.61 Å². The smallest absolute Gasteiger partial charge is 0.380 e. The van der Waals surface area contributed by atoms with Crippen molar-refractivity contribution >= 4 is 11.9 Å². The molecule has 0 rings (SSSR count). The predicted molar refractivity (Wildman–Crippen MR) is 24.9 cm³/mol. The maximum absolute atomic E-state index is 9.97. The van der Waals surface area contributed by atoms with Gasteiger partial charge in [-0.3, -0.25) is 0 Å². The summed E-state index contributed by atoms with van der Waals surface area (Å²) in [5, 5.41) is 7.98. The Morgan fingerprint density at radius 1 is 1.44 bits per heavy atom. The Bertz CT molecular complexity index is 118. The Balaban J connectivity index is 3.28. The van der Waals surface area contributed by atoms with Crippen LogP contribution in [-0.4, -0.2) is 23.7 Å². The van der Waals surface area contributed by atoms with Gasteiger partial charge in [-0.2, -0.15) is 0 Å². The van der Waals surface area contributed by atoms with Crippen LogP contribution in [0.15, 0.2) is 0 Å². The third-order valence-electron chi connectivity index (χ3n) is 0.381. The molecule has 0 aromatic carbocycles. The summed E-state index contributed by atoms with van der Waals surface area (Å²) in [7, 11) is 0. The first kappa shape index (κ1) is 7.90. The quantitative estimate of drug-likeness (QED) is 0.368. The van der Waals surface area contributed by atoms with E-state index >= 15 is 0 Å². The second-order valence-corrected chi connectivity index (χ2v) is 1.19. The first-order valence-corrected chi connectivity index (χ1v) is 2.15. The minimum absolute atomic E-state index is 0.739. The monoisotopic (exact) mass is 134 g/mol. The van der Waals surface area contributed by atoms with E-state index in [0.29, 0.717) is 0 Å². The summed E-state index contributed by atoms with van der Waals surface area (Å²) in [5.74, 6) is -1.73. The standard InChI is InChI=1S/C4H6O5/c1-3(6)8-9-4(7)2-5/h5H,2H2,1H3. The SMILES string of the molecule is CC(=O)OOC(=O)CO. The molecular formula is C4H6O5. The van der Waals surface area contributed by atoms with Gasteiger partial charge in [0.2, 0.25) is 0 Å². The molecule has 0 aliphatic carbocycles. The molecule has 0 aromatic heterocycles. The van der Waals surface area contributed by atoms with Crippen molar-refractivity contribution in [2.24, 2.45) is 0 Å². The van der Waals surface area contributed by atoms with Crippen LogP contribution in [0.5, 0.6) is 0 Å². The summed E-state index contributed by atoms with van der Waals surface area (Å²) in [5.41, 5.74) is 0. The molecule has 5 nitrogen and oxygen atoms in total. The molecular weight excluding hydrogens is 128 g/mol. The summed E-state index contributed by atoms with van der Waals surface area (Å²) in [6.45, 7) is 0.276. The zero-order chi connectivity index (χ0) is 7.28. The van der Waals surface area contributed by atoms with Crippen LogP contribution in [0, 0.1) is 0 Å². The van der Waals surface area contributed by atoms with E-state index < -0.39 is 18.5 Å². The minimum atomic E-state index is -0.995. The number of carbonyl (C=O) groups is 2. The molecule has 1 N–H and O–H groups in total. The van der Waals surface area contributed by atoms with Crippen LogP contribution in [0.3, 0.4) is 0 Å². The van der Waals surface area contributed by atoms with Crippen LogP contribution in [0.25, 0.3) is 0 Å². The van der Waals surface area contributed by atoms with Crippen LogP contribution in [0.1, 0.15) is 6.92 Å². The maximum Gasteiger partial charge on any atom is 0.380 e. The van der Waals surface area contributed by atoms with Gasteiger partial charge in [0.25, 0.3) is 0 Å². The average Bonchev–Trinajstić information content (AvgIpc) is 1.83. The van der Waals surface area contributed by atoms with Crippen molar-refractivity contribution in [3.05, 3.63) is 0 Å². The lowest BCUT2D eigenvalue weighted by atomic mass is 10.8. The molecule has 0 aliphatic rings. The Labute approximate surface area is 51.1 Å². The van der Waals surface area contributed by atoms with Crippen LogP contribution >= 0.6 is 0 Å². The van der Waals surface area contributed by atoms with Gasteiger partial charge in [0.1, 0.15) is 6.61 Å². The number of aliphatic hydroxyl groups excluding tert-OH is 1. The van der Waals surface area contributed by atoms with Gasteiger partial charge < -0.3 is 5.11 Å². The zero-order valence-corrected chi connectivity index (χ0v) is 4.79. The molecule has 0 bridgehead atoms. The summed E-state index contributed by atoms with van der Waals surface area (Å²) in [4.78, 5) is 27.3. The average molecular weight is 134 g/mol. The van der Waals surface area contributed by atoms with Gasteiger partial charge in [-0.25, -0.2) is 19.4 Å². The summed E-state index contributed by atoms with van der Waals surface area (Å²) in [6, 6.07) is 0. The molecule has 0 heterocycles. The first-order chi connectivity index (χ1) is 4.16. The van der Waals surface area contributed by atoms with Crippen molar-refractivity contribution < 1.29 is 24.5 Å². The lowest BCUT2D eigenvalue weighted by Crippen LogP contribution is -2.11. The van der Waals surface area contributed by atoms with Gasteiger partial charge in [-0.1, -0.05) is 0 Å². The fraction of sp³-hybridized carbons (Fsp3) is 0.500. The summed E-state index contributed by atoms with van der Waals surface area (Å²) < 4.78 is 0. The van der Waals surface area contributed by atoms with E-state index in [2.05, 4.69) is 9.78 Å². The maximum atomic E-state index is 9.97. The van der Waals surface area contributed by atoms with E-state index in [0.717, 1.165) is 6.92 Å². The van der Waals surface area contributed by atoms with E-state index in [9.17, 15) is 9.59 Å². The Kier molecular flexibility index (Phi) is 3.38. The molecule has 0 fully saturated rings. The molecule has 0 atom stereocenters. The Morgan fingerprint density at radius 2 is 2.00 bits per heavy atom. The molecule has 0 amide bonds. The highest BCUT2D eigenvalue weighted by Crippen LogP contribution is 1.79.